The summed E-state index contributed by atoms with van der Waals surface area (Å²) in [6.45, 7) is 0.137. The molecule has 0 radical (unpaired) electrons. The van der Waals surface area contributed by atoms with E-state index in [4.69, 9.17) is 0 Å². The van der Waals surface area contributed by atoms with Crippen molar-refractivity contribution in [3.05, 3.63) is 44.6 Å². The number of rotatable bonds is 6. The summed E-state index contributed by atoms with van der Waals surface area (Å²) in [5.41, 5.74) is 0.708. The third-order valence-corrected chi connectivity index (χ3v) is 4.92. The first-order valence-corrected chi connectivity index (χ1v) is 8.80. The van der Waals surface area contributed by atoms with Crippen molar-refractivity contribution in [2.75, 3.05) is 5.32 Å². The lowest BCUT2D eigenvalue weighted by atomic mass is 10.1. The van der Waals surface area contributed by atoms with Gasteiger partial charge in [-0.05, 0) is 54.0 Å². The fourth-order valence-corrected chi connectivity index (χ4v) is 3.27. The summed E-state index contributed by atoms with van der Waals surface area (Å²) in [4.78, 5) is 24.8. The third kappa shape index (κ3) is 5.23. The van der Waals surface area contributed by atoms with Crippen molar-refractivity contribution in [2.24, 2.45) is 0 Å². The van der Waals surface area contributed by atoms with E-state index in [9.17, 15) is 18.4 Å². The lowest BCUT2D eigenvalue weighted by molar-refractivity contribution is -0.117. The number of carbonyl (C=O) groups is 2. The van der Waals surface area contributed by atoms with Crippen molar-refractivity contribution in [1.82, 2.24) is 5.32 Å². The van der Waals surface area contributed by atoms with Crippen molar-refractivity contribution >= 4 is 44.8 Å². The Kier molecular flexibility index (Phi) is 6.49. The predicted molar refractivity (Wildman–Crippen MR) is 95.4 cm³/mol. The summed E-state index contributed by atoms with van der Waals surface area (Å²) in [5, 5.41) is 5.18. The maximum Gasteiger partial charge on any atom is 0.387 e. The molecule has 2 rings (SSSR count). The van der Waals surface area contributed by atoms with Crippen molar-refractivity contribution < 1.29 is 23.1 Å². The summed E-state index contributed by atoms with van der Waals surface area (Å²) in [7, 11) is 0. The van der Waals surface area contributed by atoms with Gasteiger partial charge < -0.3 is 15.4 Å². The number of halogens is 3. The van der Waals surface area contributed by atoms with Crippen LogP contribution >= 0.6 is 27.3 Å². The number of thiophene rings is 1. The summed E-state index contributed by atoms with van der Waals surface area (Å²) >= 11 is 4.51. The van der Waals surface area contributed by atoms with Crippen LogP contribution in [0.4, 0.5) is 14.5 Å². The number of carbonyl (C=O) groups excluding carboxylic acids is 2. The smallest absolute Gasteiger partial charge is 0.387 e. The Bertz CT molecular complexity index is 782. The number of hydrogen-bond donors (Lipinski definition) is 2. The van der Waals surface area contributed by atoms with E-state index in [1.807, 2.05) is 0 Å². The highest BCUT2D eigenvalue weighted by Gasteiger charge is 2.19. The minimum Gasteiger partial charge on any atom is -0.434 e. The van der Waals surface area contributed by atoms with Gasteiger partial charge in [0.2, 0.25) is 5.91 Å². The molecule has 134 valence electrons. The van der Waals surface area contributed by atoms with E-state index >= 15 is 0 Å². The third-order valence-electron chi connectivity index (χ3n) is 3.30. The molecular formula is C16H15BrF2N2O3S. The van der Waals surface area contributed by atoms with E-state index in [0.29, 0.717) is 16.1 Å². The Morgan fingerprint density at radius 1 is 1.24 bits per heavy atom. The molecule has 0 bridgehead atoms. The summed E-state index contributed by atoms with van der Waals surface area (Å²) in [6, 6.07) is 7.01. The topological polar surface area (TPSA) is 67.4 Å². The zero-order chi connectivity index (χ0) is 18.6. The molecular weight excluding hydrogens is 418 g/mol. The Morgan fingerprint density at radius 3 is 2.56 bits per heavy atom. The predicted octanol–water partition coefficient (Wildman–Crippen LogP) is 4.18. The standard InChI is InChI=1S/C16H15BrF2N2O3S/c1-8-10(4-3-5-11(8)24-16(18)19)21-14(22)9(2)20-15(23)12-6-7-13(17)25-12/h3-7,9,16H,1-2H3,(H,20,23)(H,21,22). The molecule has 25 heavy (non-hydrogen) atoms. The number of alkyl halides is 2. The average molecular weight is 433 g/mol. The summed E-state index contributed by atoms with van der Waals surface area (Å²) in [6.07, 6.45) is 0. The maximum absolute atomic E-state index is 12.4. The zero-order valence-corrected chi connectivity index (χ0v) is 15.7. The first kappa shape index (κ1) is 19.3. The van der Waals surface area contributed by atoms with Crippen LogP contribution < -0.4 is 15.4 Å². The van der Waals surface area contributed by atoms with Crippen LogP contribution in [0.2, 0.25) is 0 Å². The molecule has 5 nitrogen and oxygen atoms in total. The molecule has 1 atom stereocenters. The first-order chi connectivity index (χ1) is 11.8. The van der Waals surface area contributed by atoms with Crippen molar-refractivity contribution in [2.45, 2.75) is 26.5 Å². The van der Waals surface area contributed by atoms with E-state index in [1.54, 1.807) is 25.1 Å². The van der Waals surface area contributed by atoms with Gasteiger partial charge in [0.1, 0.15) is 11.8 Å². The molecule has 2 amide bonds. The quantitative estimate of drug-likeness (QED) is 0.719. The molecule has 1 aromatic carbocycles. The fourth-order valence-electron chi connectivity index (χ4n) is 1.98. The first-order valence-electron chi connectivity index (χ1n) is 7.19. The van der Waals surface area contributed by atoms with Crippen LogP contribution in [0.5, 0.6) is 5.75 Å². The van der Waals surface area contributed by atoms with Gasteiger partial charge in [-0.1, -0.05) is 6.07 Å². The molecule has 0 aliphatic heterocycles. The number of amides is 2. The molecule has 1 heterocycles. The largest absolute Gasteiger partial charge is 0.434 e. The lowest BCUT2D eigenvalue weighted by Gasteiger charge is -2.16. The van der Waals surface area contributed by atoms with Crippen LogP contribution in [0.25, 0.3) is 0 Å². The summed E-state index contributed by atoms with van der Waals surface area (Å²) in [5.74, 6) is -0.862. The van der Waals surface area contributed by atoms with Gasteiger partial charge >= 0.3 is 6.61 Å². The van der Waals surface area contributed by atoms with E-state index in [2.05, 4.69) is 31.3 Å². The molecule has 2 N–H and O–H groups in total. The number of hydrogen-bond acceptors (Lipinski definition) is 4. The lowest BCUT2D eigenvalue weighted by Crippen LogP contribution is -2.41. The number of nitrogens with one attached hydrogen (secondary N) is 2. The van der Waals surface area contributed by atoms with Crippen molar-refractivity contribution in [3.8, 4) is 5.75 Å². The maximum atomic E-state index is 12.4. The van der Waals surface area contributed by atoms with Gasteiger partial charge in [-0.3, -0.25) is 9.59 Å². The van der Waals surface area contributed by atoms with Crippen LogP contribution in [-0.2, 0) is 4.79 Å². The van der Waals surface area contributed by atoms with Gasteiger partial charge in [0.25, 0.3) is 5.91 Å². The minimum absolute atomic E-state index is 0.0204. The molecule has 0 spiro atoms. The Hall–Kier alpha value is -2.00. The van der Waals surface area contributed by atoms with Crippen LogP contribution in [0.15, 0.2) is 34.1 Å². The second kappa shape index (κ2) is 8.39. The van der Waals surface area contributed by atoms with Crippen LogP contribution in [0.1, 0.15) is 22.2 Å². The Morgan fingerprint density at radius 2 is 1.96 bits per heavy atom. The van der Waals surface area contributed by atoms with Crippen molar-refractivity contribution in [3.63, 3.8) is 0 Å². The molecule has 1 unspecified atom stereocenters. The Labute approximate surface area is 155 Å². The molecule has 0 fully saturated rings. The van der Waals surface area contributed by atoms with E-state index in [1.165, 1.54) is 30.4 Å². The van der Waals surface area contributed by atoms with Gasteiger partial charge in [0.05, 0.1) is 8.66 Å². The van der Waals surface area contributed by atoms with Gasteiger partial charge in [-0.15, -0.1) is 11.3 Å². The Balaban J connectivity index is 2.02. The molecule has 9 heteroatoms. The minimum atomic E-state index is -2.95. The van der Waals surface area contributed by atoms with E-state index in [0.717, 1.165) is 3.79 Å². The van der Waals surface area contributed by atoms with E-state index in [-0.39, 0.29) is 11.7 Å². The second-order valence-corrected chi connectivity index (χ2v) is 7.56. The normalized spacial score (nSPS) is 11.9. The zero-order valence-electron chi connectivity index (χ0n) is 13.3. The van der Waals surface area contributed by atoms with Crippen LogP contribution in [0, 0.1) is 6.92 Å². The molecule has 0 saturated carbocycles. The second-order valence-electron chi connectivity index (χ2n) is 5.10. The number of benzene rings is 1. The summed E-state index contributed by atoms with van der Waals surface area (Å²) < 4.78 is 29.9. The van der Waals surface area contributed by atoms with E-state index < -0.39 is 18.6 Å². The van der Waals surface area contributed by atoms with Crippen LogP contribution in [0.3, 0.4) is 0 Å². The highest BCUT2D eigenvalue weighted by molar-refractivity contribution is 9.11. The molecule has 0 aliphatic rings. The number of ether oxygens (including phenoxy) is 1. The van der Waals surface area contributed by atoms with Gasteiger partial charge in [0.15, 0.2) is 0 Å². The van der Waals surface area contributed by atoms with Gasteiger partial charge in [-0.2, -0.15) is 8.78 Å². The highest BCUT2D eigenvalue weighted by Crippen LogP contribution is 2.27. The van der Waals surface area contributed by atoms with Gasteiger partial charge in [-0.25, -0.2) is 0 Å². The van der Waals surface area contributed by atoms with Gasteiger partial charge in [0, 0.05) is 11.3 Å². The number of anilines is 1. The average Bonchev–Trinajstić information content (AvgIpc) is 2.97. The molecule has 0 aliphatic carbocycles. The SMILES string of the molecule is Cc1c(NC(=O)C(C)NC(=O)c2ccc(Br)s2)cccc1OC(F)F. The monoisotopic (exact) mass is 432 g/mol. The molecule has 0 saturated heterocycles. The molecule has 2 aromatic rings. The molecule has 1 aromatic heterocycles. The highest BCUT2D eigenvalue weighted by atomic mass is 79.9. The van der Waals surface area contributed by atoms with Crippen LogP contribution in [-0.4, -0.2) is 24.5 Å². The van der Waals surface area contributed by atoms with Crippen molar-refractivity contribution in [1.29, 1.82) is 0 Å². The fraction of sp³-hybridized carbons (Fsp3) is 0.250.